The van der Waals surface area contributed by atoms with Gasteiger partial charge in [-0.25, -0.2) is 0 Å². The highest BCUT2D eigenvalue weighted by Crippen LogP contribution is 2.28. The number of nitriles is 1. The van der Waals surface area contributed by atoms with Crippen LogP contribution < -0.4 is 14.8 Å². The van der Waals surface area contributed by atoms with Gasteiger partial charge < -0.3 is 14.8 Å². The Kier molecular flexibility index (Phi) is 6.19. The predicted molar refractivity (Wildman–Crippen MR) is 104 cm³/mol. The molecule has 0 aliphatic heterocycles. The van der Waals surface area contributed by atoms with E-state index in [0.717, 1.165) is 25.7 Å². The zero-order chi connectivity index (χ0) is 20.1. The highest BCUT2D eigenvalue weighted by atomic mass is 16.5. The average molecular weight is 382 g/mol. The second kappa shape index (κ2) is 8.79. The van der Waals surface area contributed by atoms with Gasteiger partial charge in [0.25, 0.3) is 5.91 Å². The van der Waals surface area contributed by atoms with E-state index in [1.165, 1.54) is 0 Å². The summed E-state index contributed by atoms with van der Waals surface area (Å²) in [6, 6.07) is 7.72. The zero-order valence-electron chi connectivity index (χ0n) is 16.5. The van der Waals surface area contributed by atoms with Gasteiger partial charge in [0.1, 0.15) is 17.6 Å². The highest BCUT2D eigenvalue weighted by Gasteiger charge is 2.24. The number of hydrogen-bond acceptors (Lipinski definition) is 5. The number of carbonyl (C=O) groups excluding carboxylic acids is 1. The van der Waals surface area contributed by atoms with Crippen LogP contribution in [0.25, 0.3) is 0 Å². The van der Waals surface area contributed by atoms with Crippen molar-refractivity contribution in [1.82, 2.24) is 15.1 Å². The first kappa shape index (κ1) is 19.7. The molecule has 1 aliphatic carbocycles. The number of benzene rings is 1. The Balaban J connectivity index is 1.50. The Bertz CT molecular complexity index is 861. The molecule has 1 fully saturated rings. The minimum absolute atomic E-state index is 0.0758. The topological polar surface area (TPSA) is 89.2 Å². The molecule has 1 amide bonds. The van der Waals surface area contributed by atoms with Crippen LogP contribution in [0.15, 0.2) is 30.6 Å². The van der Waals surface area contributed by atoms with E-state index in [-0.39, 0.29) is 24.1 Å². The number of nitrogens with one attached hydrogen (secondary N) is 1. The standard InChI is InChI=1S/C21H26N4O3/c1-14(2)25-13-16(12-23-25)21(26)24-17-5-8-18(9-6-17)28-19-7-4-15(11-22)20(10-19)27-3/h4,7,10,12-14,17-18H,5-6,8-9H2,1-3H3,(H,24,26). The van der Waals surface area contributed by atoms with Gasteiger partial charge in [-0.05, 0) is 51.7 Å². The zero-order valence-corrected chi connectivity index (χ0v) is 16.5. The molecule has 3 rings (SSSR count). The normalized spacial score (nSPS) is 19.1. The van der Waals surface area contributed by atoms with Gasteiger partial charge in [0.05, 0.1) is 30.5 Å². The van der Waals surface area contributed by atoms with Gasteiger partial charge in [0.2, 0.25) is 0 Å². The number of aromatic nitrogens is 2. The summed E-state index contributed by atoms with van der Waals surface area (Å²) in [7, 11) is 1.54. The molecule has 7 heteroatoms. The molecule has 1 heterocycles. The third kappa shape index (κ3) is 4.63. The molecule has 7 nitrogen and oxygen atoms in total. The first-order chi connectivity index (χ1) is 13.5. The lowest BCUT2D eigenvalue weighted by Gasteiger charge is -2.29. The van der Waals surface area contributed by atoms with Crippen LogP contribution in [0, 0.1) is 11.3 Å². The molecule has 1 aromatic heterocycles. The van der Waals surface area contributed by atoms with Crippen molar-refractivity contribution in [2.24, 2.45) is 0 Å². The van der Waals surface area contributed by atoms with E-state index in [9.17, 15) is 4.79 Å². The number of amides is 1. The van der Waals surface area contributed by atoms with Gasteiger partial charge in [-0.2, -0.15) is 10.4 Å². The van der Waals surface area contributed by atoms with Gasteiger partial charge in [-0.3, -0.25) is 9.48 Å². The van der Waals surface area contributed by atoms with E-state index in [2.05, 4.69) is 16.5 Å². The smallest absolute Gasteiger partial charge is 0.254 e. The Morgan fingerprint density at radius 2 is 2.07 bits per heavy atom. The van der Waals surface area contributed by atoms with Gasteiger partial charge >= 0.3 is 0 Å². The molecule has 1 aromatic carbocycles. The molecule has 148 valence electrons. The van der Waals surface area contributed by atoms with Crippen molar-refractivity contribution in [1.29, 1.82) is 5.26 Å². The summed E-state index contributed by atoms with van der Waals surface area (Å²) in [6.07, 6.45) is 6.94. The van der Waals surface area contributed by atoms with Crippen LogP contribution in [0.4, 0.5) is 0 Å². The van der Waals surface area contributed by atoms with Crippen LogP contribution in [-0.2, 0) is 0 Å². The third-order valence-corrected chi connectivity index (χ3v) is 5.00. The lowest BCUT2D eigenvalue weighted by atomic mass is 9.92. The summed E-state index contributed by atoms with van der Waals surface area (Å²) in [5, 5.41) is 16.4. The SMILES string of the molecule is COc1cc(OC2CCC(NC(=O)c3cnn(C(C)C)c3)CC2)ccc1C#N. The van der Waals surface area contributed by atoms with Crippen molar-refractivity contribution in [3.8, 4) is 17.6 Å². The molecule has 0 saturated heterocycles. The summed E-state index contributed by atoms with van der Waals surface area (Å²) >= 11 is 0. The minimum atomic E-state index is -0.0758. The summed E-state index contributed by atoms with van der Waals surface area (Å²) in [4.78, 5) is 12.4. The number of hydrogen-bond donors (Lipinski definition) is 1. The molecular weight excluding hydrogens is 356 g/mol. The van der Waals surface area contributed by atoms with Crippen molar-refractivity contribution in [3.63, 3.8) is 0 Å². The number of methoxy groups -OCH3 is 1. The summed E-state index contributed by atoms with van der Waals surface area (Å²) in [5.74, 6) is 1.14. The van der Waals surface area contributed by atoms with Gasteiger partial charge in [0, 0.05) is 24.3 Å². The van der Waals surface area contributed by atoms with E-state index in [1.54, 1.807) is 42.4 Å². The monoisotopic (exact) mass is 382 g/mol. The molecule has 0 bridgehead atoms. The summed E-state index contributed by atoms with van der Waals surface area (Å²) in [5.41, 5.74) is 1.08. The van der Waals surface area contributed by atoms with Crippen LogP contribution in [-0.4, -0.2) is 34.9 Å². The van der Waals surface area contributed by atoms with Gasteiger partial charge in [0.15, 0.2) is 0 Å². The summed E-state index contributed by atoms with van der Waals surface area (Å²) < 4.78 is 13.1. The Hall–Kier alpha value is -3.01. The third-order valence-electron chi connectivity index (χ3n) is 5.00. The maximum Gasteiger partial charge on any atom is 0.254 e. The number of rotatable bonds is 6. The first-order valence-electron chi connectivity index (χ1n) is 9.60. The fraction of sp³-hybridized carbons (Fsp3) is 0.476. The molecule has 1 N–H and O–H groups in total. The maximum absolute atomic E-state index is 12.4. The maximum atomic E-state index is 12.4. The largest absolute Gasteiger partial charge is 0.495 e. The fourth-order valence-corrected chi connectivity index (χ4v) is 3.36. The van der Waals surface area contributed by atoms with Gasteiger partial charge in [-0.1, -0.05) is 0 Å². The number of carbonyl (C=O) groups is 1. The molecule has 1 aliphatic rings. The van der Waals surface area contributed by atoms with Crippen LogP contribution in [0.3, 0.4) is 0 Å². The fourth-order valence-electron chi connectivity index (χ4n) is 3.36. The predicted octanol–water partition coefficient (Wildman–Crippen LogP) is 3.46. The van der Waals surface area contributed by atoms with Crippen LogP contribution in [0.2, 0.25) is 0 Å². The van der Waals surface area contributed by atoms with Gasteiger partial charge in [-0.15, -0.1) is 0 Å². The van der Waals surface area contributed by atoms with Crippen LogP contribution >= 0.6 is 0 Å². The van der Waals surface area contributed by atoms with E-state index >= 15 is 0 Å². The van der Waals surface area contributed by atoms with Crippen molar-refractivity contribution in [3.05, 3.63) is 41.7 Å². The van der Waals surface area contributed by atoms with Crippen molar-refractivity contribution < 1.29 is 14.3 Å². The molecule has 1 saturated carbocycles. The lowest BCUT2D eigenvalue weighted by Crippen LogP contribution is -2.39. The van der Waals surface area contributed by atoms with Crippen molar-refractivity contribution >= 4 is 5.91 Å². The Morgan fingerprint density at radius 3 is 2.68 bits per heavy atom. The van der Waals surface area contributed by atoms with Crippen molar-refractivity contribution in [2.75, 3.05) is 7.11 Å². The minimum Gasteiger partial charge on any atom is -0.495 e. The summed E-state index contributed by atoms with van der Waals surface area (Å²) in [6.45, 7) is 4.05. The molecule has 0 spiro atoms. The highest BCUT2D eigenvalue weighted by molar-refractivity contribution is 5.93. The van der Waals surface area contributed by atoms with E-state index in [0.29, 0.717) is 22.6 Å². The van der Waals surface area contributed by atoms with Crippen LogP contribution in [0.5, 0.6) is 11.5 Å². The van der Waals surface area contributed by atoms with Crippen LogP contribution in [0.1, 0.15) is 61.5 Å². The number of nitrogens with zero attached hydrogens (tertiary/aromatic N) is 3. The number of ether oxygens (including phenoxy) is 2. The Morgan fingerprint density at radius 1 is 1.32 bits per heavy atom. The molecule has 0 atom stereocenters. The van der Waals surface area contributed by atoms with E-state index in [4.69, 9.17) is 14.7 Å². The quantitative estimate of drug-likeness (QED) is 0.826. The molecule has 0 radical (unpaired) electrons. The lowest BCUT2D eigenvalue weighted by molar-refractivity contribution is 0.0893. The average Bonchev–Trinajstić information content (AvgIpc) is 3.20. The second-order valence-corrected chi connectivity index (χ2v) is 7.34. The molecule has 0 unspecified atom stereocenters. The van der Waals surface area contributed by atoms with Crippen molar-refractivity contribution in [2.45, 2.75) is 57.7 Å². The molecule has 2 aromatic rings. The molecular formula is C21H26N4O3. The van der Waals surface area contributed by atoms with E-state index in [1.807, 2.05) is 13.8 Å². The van der Waals surface area contributed by atoms with E-state index < -0.39 is 0 Å². The first-order valence-corrected chi connectivity index (χ1v) is 9.60. The second-order valence-electron chi connectivity index (χ2n) is 7.34. The Labute approximate surface area is 165 Å². The molecule has 28 heavy (non-hydrogen) atoms.